The second-order valence-corrected chi connectivity index (χ2v) is 7.32. The first-order valence-electron chi connectivity index (χ1n) is 9.71. The van der Waals surface area contributed by atoms with Gasteiger partial charge in [-0.1, -0.05) is 36.4 Å². The Labute approximate surface area is 168 Å². The maximum absolute atomic E-state index is 12.0. The van der Waals surface area contributed by atoms with E-state index in [1.807, 2.05) is 53.5 Å². The fourth-order valence-electron chi connectivity index (χ4n) is 3.78. The summed E-state index contributed by atoms with van der Waals surface area (Å²) in [4.78, 5) is 18.6. The molecule has 144 valence electrons. The van der Waals surface area contributed by atoms with E-state index in [9.17, 15) is 4.79 Å². The lowest BCUT2D eigenvalue weighted by molar-refractivity contribution is 0.252. The van der Waals surface area contributed by atoms with Crippen LogP contribution in [-0.2, 0) is 6.54 Å². The summed E-state index contributed by atoms with van der Waals surface area (Å²) >= 11 is 0. The third-order valence-corrected chi connectivity index (χ3v) is 5.29. The van der Waals surface area contributed by atoms with Crippen LogP contribution in [0.3, 0.4) is 0 Å². The molecule has 0 aliphatic carbocycles. The molecule has 3 heterocycles. The number of nitrogens with zero attached hydrogens (tertiary/aromatic N) is 4. The van der Waals surface area contributed by atoms with Crippen molar-refractivity contribution in [3.8, 4) is 11.3 Å². The third kappa shape index (κ3) is 3.33. The molecule has 2 aromatic heterocycles. The minimum atomic E-state index is -0.0561. The van der Waals surface area contributed by atoms with Crippen LogP contribution in [0.15, 0.2) is 67.0 Å². The monoisotopic (exact) mass is 383 g/mol. The normalized spacial score (nSPS) is 13.8. The fourth-order valence-corrected chi connectivity index (χ4v) is 3.78. The van der Waals surface area contributed by atoms with E-state index in [1.54, 1.807) is 4.90 Å². The minimum absolute atomic E-state index is 0.0561. The van der Waals surface area contributed by atoms with Crippen LogP contribution < -0.4 is 10.2 Å². The first-order valence-corrected chi connectivity index (χ1v) is 9.71. The Morgan fingerprint density at radius 2 is 1.97 bits per heavy atom. The molecule has 4 aromatic rings. The first kappa shape index (κ1) is 17.4. The van der Waals surface area contributed by atoms with Gasteiger partial charge in [0.25, 0.3) is 0 Å². The van der Waals surface area contributed by atoms with Crippen LogP contribution in [0, 0.1) is 6.92 Å². The van der Waals surface area contributed by atoms with Crippen molar-refractivity contribution in [2.24, 2.45) is 0 Å². The Balaban J connectivity index is 1.49. The number of urea groups is 1. The average Bonchev–Trinajstić information content (AvgIpc) is 3.37. The summed E-state index contributed by atoms with van der Waals surface area (Å²) in [5.41, 5.74) is 5.98. The van der Waals surface area contributed by atoms with Crippen LogP contribution in [0.2, 0.25) is 0 Å². The van der Waals surface area contributed by atoms with Gasteiger partial charge in [-0.3, -0.25) is 9.58 Å². The van der Waals surface area contributed by atoms with Crippen molar-refractivity contribution in [3.63, 3.8) is 0 Å². The lowest BCUT2D eigenvalue weighted by atomic mass is 10.1. The molecular formula is C23H21N5O. The van der Waals surface area contributed by atoms with Crippen molar-refractivity contribution < 1.29 is 4.79 Å². The number of carbonyl (C=O) groups excluding carboxylic acids is 1. The molecule has 0 saturated carbocycles. The standard InChI is InChI=1S/C23H21N5O/c1-16-11-21(18-13-25-27(15-18)14-17-5-3-2-4-6-17)26-22-12-19(7-8-20(16)22)28-10-9-24-23(28)29/h2-8,11-13,15H,9-10,14H2,1H3,(H,24,29). The van der Waals surface area contributed by atoms with E-state index in [2.05, 4.69) is 35.5 Å². The molecule has 1 fully saturated rings. The van der Waals surface area contributed by atoms with Crippen molar-refractivity contribution >= 4 is 22.6 Å². The lowest BCUT2D eigenvalue weighted by Crippen LogP contribution is -2.27. The highest BCUT2D eigenvalue weighted by atomic mass is 16.2. The van der Waals surface area contributed by atoms with Gasteiger partial charge in [-0.2, -0.15) is 5.10 Å². The number of pyridine rings is 1. The molecule has 0 spiro atoms. The Bertz CT molecular complexity index is 1200. The van der Waals surface area contributed by atoms with Gasteiger partial charge in [-0.15, -0.1) is 0 Å². The molecule has 2 aromatic carbocycles. The topological polar surface area (TPSA) is 63.1 Å². The summed E-state index contributed by atoms with van der Waals surface area (Å²) in [5.74, 6) is 0. The van der Waals surface area contributed by atoms with Crippen molar-refractivity contribution in [3.05, 3.63) is 78.1 Å². The van der Waals surface area contributed by atoms with Gasteiger partial charge in [-0.25, -0.2) is 9.78 Å². The Hall–Kier alpha value is -3.67. The molecule has 0 radical (unpaired) electrons. The molecule has 29 heavy (non-hydrogen) atoms. The number of fused-ring (bicyclic) bond motifs is 1. The minimum Gasteiger partial charge on any atom is -0.336 e. The number of nitrogens with one attached hydrogen (secondary N) is 1. The van der Waals surface area contributed by atoms with E-state index < -0.39 is 0 Å². The summed E-state index contributed by atoms with van der Waals surface area (Å²) < 4.78 is 1.93. The Kier molecular flexibility index (Phi) is 4.24. The second kappa shape index (κ2) is 7.05. The van der Waals surface area contributed by atoms with Crippen LogP contribution in [-0.4, -0.2) is 33.9 Å². The molecule has 1 N–H and O–H groups in total. The van der Waals surface area contributed by atoms with Gasteiger partial charge in [0.15, 0.2) is 0 Å². The molecule has 1 aliphatic rings. The van der Waals surface area contributed by atoms with E-state index in [0.717, 1.165) is 40.0 Å². The van der Waals surface area contributed by atoms with Crippen molar-refractivity contribution in [1.29, 1.82) is 0 Å². The molecule has 0 atom stereocenters. The number of hydrogen-bond donors (Lipinski definition) is 1. The average molecular weight is 383 g/mol. The fraction of sp³-hybridized carbons (Fsp3) is 0.174. The maximum atomic E-state index is 12.0. The zero-order valence-electron chi connectivity index (χ0n) is 16.2. The van der Waals surface area contributed by atoms with Crippen LogP contribution >= 0.6 is 0 Å². The number of benzene rings is 2. The SMILES string of the molecule is Cc1cc(-c2cnn(Cc3ccccc3)c2)nc2cc(N3CCNC3=O)ccc12. The molecule has 1 aliphatic heterocycles. The van der Waals surface area contributed by atoms with Gasteiger partial charge in [0.05, 0.1) is 24.0 Å². The van der Waals surface area contributed by atoms with Gasteiger partial charge in [-0.05, 0) is 36.2 Å². The summed E-state index contributed by atoms with van der Waals surface area (Å²) in [6.07, 6.45) is 3.88. The predicted molar refractivity (Wildman–Crippen MR) is 114 cm³/mol. The second-order valence-electron chi connectivity index (χ2n) is 7.32. The maximum Gasteiger partial charge on any atom is 0.321 e. The van der Waals surface area contributed by atoms with Crippen LogP contribution in [0.5, 0.6) is 0 Å². The number of rotatable bonds is 4. The van der Waals surface area contributed by atoms with E-state index in [0.29, 0.717) is 13.1 Å². The lowest BCUT2D eigenvalue weighted by Gasteiger charge is -2.15. The molecule has 2 amide bonds. The summed E-state index contributed by atoms with van der Waals surface area (Å²) in [7, 11) is 0. The van der Waals surface area contributed by atoms with Gasteiger partial charge >= 0.3 is 6.03 Å². The predicted octanol–water partition coefficient (Wildman–Crippen LogP) is 3.98. The van der Waals surface area contributed by atoms with Gasteiger partial charge < -0.3 is 5.32 Å². The highest BCUT2D eigenvalue weighted by Gasteiger charge is 2.21. The largest absolute Gasteiger partial charge is 0.336 e. The Morgan fingerprint density at radius 3 is 2.76 bits per heavy atom. The van der Waals surface area contributed by atoms with Crippen LogP contribution in [0.25, 0.3) is 22.2 Å². The smallest absolute Gasteiger partial charge is 0.321 e. The van der Waals surface area contributed by atoms with Gasteiger partial charge in [0, 0.05) is 35.9 Å². The molecule has 5 rings (SSSR count). The molecule has 6 nitrogen and oxygen atoms in total. The van der Waals surface area contributed by atoms with E-state index >= 15 is 0 Å². The molecular weight excluding hydrogens is 362 g/mol. The quantitative estimate of drug-likeness (QED) is 0.580. The summed E-state index contributed by atoms with van der Waals surface area (Å²) in [6, 6.07) is 18.3. The molecule has 1 saturated heterocycles. The summed E-state index contributed by atoms with van der Waals surface area (Å²) in [6.45, 7) is 4.16. The van der Waals surface area contributed by atoms with Crippen LogP contribution in [0.4, 0.5) is 10.5 Å². The molecule has 0 bridgehead atoms. The zero-order valence-corrected chi connectivity index (χ0v) is 16.2. The van der Waals surface area contributed by atoms with Gasteiger partial charge in [0.1, 0.15) is 0 Å². The Morgan fingerprint density at radius 1 is 1.10 bits per heavy atom. The van der Waals surface area contributed by atoms with Crippen molar-refractivity contribution in [2.75, 3.05) is 18.0 Å². The number of amides is 2. The highest BCUT2D eigenvalue weighted by Crippen LogP contribution is 2.28. The number of carbonyl (C=O) groups is 1. The molecule has 6 heteroatoms. The van der Waals surface area contributed by atoms with E-state index in [4.69, 9.17) is 4.98 Å². The van der Waals surface area contributed by atoms with E-state index in [1.165, 1.54) is 5.56 Å². The van der Waals surface area contributed by atoms with Crippen molar-refractivity contribution in [1.82, 2.24) is 20.1 Å². The number of anilines is 1. The van der Waals surface area contributed by atoms with Crippen molar-refractivity contribution in [2.45, 2.75) is 13.5 Å². The number of aromatic nitrogens is 3. The number of aryl methyl sites for hydroxylation is 1. The van der Waals surface area contributed by atoms with Gasteiger partial charge in [0.2, 0.25) is 0 Å². The zero-order chi connectivity index (χ0) is 19.8. The third-order valence-electron chi connectivity index (χ3n) is 5.29. The first-order chi connectivity index (χ1) is 14.2. The number of hydrogen-bond acceptors (Lipinski definition) is 3. The van der Waals surface area contributed by atoms with E-state index in [-0.39, 0.29) is 6.03 Å². The molecule has 0 unspecified atom stereocenters. The highest BCUT2D eigenvalue weighted by molar-refractivity contribution is 5.97. The van der Waals surface area contributed by atoms with Crippen LogP contribution in [0.1, 0.15) is 11.1 Å². The summed E-state index contributed by atoms with van der Waals surface area (Å²) in [5, 5.41) is 8.44.